The molecule has 4 rings (SSSR count). The number of nitrogens with one attached hydrogen (secondary N) is 1. The molecule has 0 radical (unpaired) electrons. The molecule has 2 aromatic carbocycles. The first-order valence-corrected chi connectivity index (χ1v) is 12.2. The summed E-state index contributed by atoms with van der Waals surface area (Å²) >= 11 is 9.30. The van der Waals surface area contributed by atoms with Crippen LogP contribution < -0.4 is 10.2 Å². The highest BCUT2D eigenvalue weighted by Gasteiger charge is 2.19. The molecule has 1 aromatic heterocycles. The molecular formula is C22H24ClN5OS2. The van der Waals surface area contributed by atoms with Crippen molar-refractivity contribution in [1.29, 1.82) is 0 Å². The Kier molecular flexibility index (Phi) is 7.12. The summed E-state index contributed by atoms with van der Waals surface area (Å²) in [7, 11) is 0. The first-order valence-electron chi connectivity index (χ1n) is 10.1. The van der Waals surface area contributed by atoms with E-state index >= 15 is 0 Å². The van der Waals surface area contributed by atoms with Crippen LogP contribution in [0.15, 0.2) is 57.2 Å². The fraction of sp³-hybridized carbons (Fsp3) is 0.318. The van der Waals surface area contributed by atoms with Crippen molar-refractivity contribution >= 4 is 52.0 Å². The van der Waals surface area contributed by atoms with Gasteiger partial charge in [0.1, 0.15) is 5.51 Å². The molecule has 0 aliphatic carbocycles. The van der Waals surface area contributed by atoms with Crippen LogP contribution in [-0.4, -0.2) is 53.2 Å². The molecule has 1 N–H and O–H groups in total. The summed E-state index contributed by atoms with van der Waals surface area (Å²) < 4.78 is 0.824. The maximum absolute atomic E-state index is 12.7. The van der Waals surface area contributed by atoms with Crippen molar-refractivity contribution < 1.29 is 4.79 Å². The van der Waals surface area contributed by atoms with E-state index in [1.54, 1.807) is 11.6 Å². The lowest BCUT2D eigenvalue weighted by molar-refractivity contribution is 0.102. The third-order valence-electron chi connectivity index (χ3n) is 5.27. The minimum Gasteiger partial charge on any atom is -0.369 e. The number of carbonyl (C=O) groups is 1. The number of nitrogens with zero attached hydrogens (tertiary/aromatic N) is 4. The number of rotatable bonds is 6. The second kappa shape index (κ2) is 9.99. The van der Waals surface area contributed by atoms with E-state index in [-0.39, 0.29) is 5.91 Å². The van der Waals surface area contributed by atoms with E-state index in [0.717, 1.165) is 41.1 Å². The van der Waals surface area contributed by atoms with E-state index in [9.17, 15) is 4.79 Å². The molecule has 1 saturated heterocycles. The van der Waals surface area contributed by atoms with Gasteiger partial charge in [0.25, 0.3) is 5.91 Å². The number of halogens is 1. The monoisotopic (exact) mass is 473 g/mol. The zero-order chi connectivity index (χ0) is 21.8. The van der Waals surface area contributed by atoms with Gasteiger partial charge in [-0.25, -0.2) is 0 Å². The lowest BCUT2D eigenvalue weighted by atomic mass is 10.1. The highest BCUT2D eigenvalue weighted by Crippen LogP contribution is 2.35. The zero-order valence-corrected chi connectivity index (χ0v) is 19.8. The highest BCUT2D eigenvalue weighted by molar-refractivity contribution is 8.01. The molecule has 1 fully saturated rings. The second-order valence-corrected chi connectivity index (χ2v) is 10.1. The van der Waals surface area contributed by atoms with Crippen molar-refractivity contribution in [1.82, 2.24) is 15.1 Å². The van der Waals surface area contributed by atoms with Crippen LogP contribution in [0.5, 0.6) is 0 Å². The summed E-state index contributed by atoms with van der Waals surface area (Å²) in [5, 5.41) is 11.3. The summed E-state index contributed by atoms with van der Waals surface area (Å²) in [6.07, 6.45) is 0. The van der Waals surface area contributed by atoms with Gasteiger partial charge in [-0.3, -0.25) is 9.69 Å². The molecule has 6 nitrogen and oxygen atoms in total. The topological polar surface area (TPSA) is 61.4 Å². The second-order valence-electron chi connectivity index (χ2n) is 7.57. The molecule has 31 heavy (non-hydrogen) atoms. The molecule has 3 aromatic rings. The van der Waals surface area contributed by atoms with Crippen LogP contribution in [-0.2, 0) is 0 Å². The largest absolute Gasteiger partial charge is 0.369 e. The molecule has 1 aliphatic heterocycles. The van der Waals surface area contributed by atoms with E-state index in [0.29, 0.717) is 22.3 Å². The lowest BCUT2D eigenvalue weighted by Gasteiger charge is -2.38. The van der Waals surface area contributed by atoms with Crippen molar-refractivity contribution in [2.75, 3.05) is 36.4 Å². The summed E-state index contributed by atoms with van der Waals surface area (Å²) in [5.41, 5.74) is 4.11. The lowest BCUT2D eigenvalue weighted by Crippen LogP contribution is -2.48. The standard InChI is InChI=1S/C22H24ClN5OS2/c1-15(2)27-9-11-28(12-10-27)18-6-3-16(4-7-18)21(29)25-17-5-8-20(19(23)13-17)31-22-26-24-14-30-22/h3-8,13-15H,9-12H2,1-2H3,(H,25,29). The zero-order valence-electron chi connectivity index (χ0n) is 17.4. The number of carbonyl (C=O) groups excluding carboxylic acids is 1. The number of anilines is 2. The van der Waals surface area contributed by atoms with Crippen molar-refractivity contribution in [2.24, 2.45) is 0 Å². The molecule has 0 bridgehead atoms. The van der Waals surface area contributed by atoms with Crippen molar-refractivity contribution in [3.8, 4) is 0 Å². The molecular weight excluding hydrogens is 450 g/mol. The van der Waals surface area contributed by atoms with Gasteiger partial charge < -0.3 is 10.2 Å². The summed E-state index contributed by atoms with van der Waals surface area (Å²) in [5.74, 6) is -0.156. The number of aromatic nitrogens is 2. The van der Waals surface area contributed by atoms with E-state index < -0.39 is 0 Å². The van der Waals surface area contributed by atoms with E-state index in [4.69, 9.17) is 11.6 Å². The van der Waals surface area contributed by atoms with Gasteiger partial charge in [0.05, 0.1) is 5.02 Å². The maximum atomic E-state index is 12.7. The molecule has 1 aliphatic rings. The Hall–Kier alpha value is -2.13. The first kappa shape index (κ1) is 22.1. The third-order valence-corrected chi connectivity index (χ3v) is 7.54. The Balaban J connectivity index is 1.36. The average molecular weight is 474 g/mol. The third kappa shape index (κ3) is 5.57. The Labute approximate surface area is 195 Å². The molecule has 1 amide bonds. The van der Waals surface area contributed by atoms with Gasteiger partial charge in [-0.05, 0) is 56.3 Å². The van der Waals surface area contributed by atoms with Gasteiger partial charge in [0, 0.05) is 54.1 Å². The van der Waals surface area contributed by atoms with Crippen LogP contribution in [0.4, 0.5) is 11.4 Å². The number of hydrogen-bond donors (Lipinski definition) is 1. The smallest absolute Gasteiger partial charge is 0.255 e. The van der Waals surface area contributed by atoms with Gasteiger partial charge in [-0.1, -0.05) is 34.7 Å². The van der Waals surface area contributed by atoms with Crippen LogP contribution in [0.25, 0.3) is 0 Å². The predicted molar refractivity (Wildman–Crippen MR) is 129 cm³/mol. The average Bonchev–Trinajstić information content (AvgIpc) is 3.29. The normalized spacial score (nSPS) is 14.8. The fourth-order valence-corrected chi connectivity index (χ4v) is 5.22. The summed E-state index contributed by atoms with van der Waals surface area (Å²) in [6.45, 7) is 8.61. The van der Waals surface area contributed by atoms with Crippen LogP contribution in [0.2, 0.25) is 5.02 Å². The summed E-state index contributed by atoms with van der Waals surface area (Å²) in [6, 6.07) is 13.9. The number of hydrogen-bond acceptors (Lipinski definition) is 7. The maximum Gasteiger partial charge on any atom is 0.255 e. The number of amides is 1. The van der Waals surface area contributed by atoms with Crippen LogP contribution >= 0.6 is 34.7 Å². The van der Waals surface area contributed by atoms with E-state index in [1.165, 1.54) is 23.1 Å². The molecule has 0 saturated carbocycles. The van der Waals surface area contributed by atoms with Gasteiger partial charge in [0.2, 0.25) is 0 Å². The minimum atomic E-state index is -0.156. The van der Waals surface area contributed by atoms with Crippen LogP contribution in [0.1, 0.15) is 24.2 Å². The molecule has 2 heterocycles. The first-order chi connectivity index (χ1) is 15.0. The van der Waals surface area contributed by atoms with E-state index in [1.807, 2.05) is 36.4 Å². The molecule has 0 atom stereocenters. The Morgan fingerprint density at radius 1 is 1.13 bits per heavy atom. The molecule has 0 spiro atoms. The van der Waals surface area contributed by atoms with Crippen molar-refractivity contribution in [3.63, 3.8) is 0 Å². The Bertz CT molecular complexity index is 1020. The van der Waals surface area contributed by atoms with Crippen LogP contribution in [0.3, 0.4) is 0 Å². The molecule has 0 unspecified atom stereocenters. The van der Waals surface area contributed by atoms with Gasteiger partial charge >= 0.3 is 0 Å². The van der Waals surface area contributed by atoms with Crippen molar-refractivity contribution in [3.05, 3.63) is 58.6 Å². The molecule has 9 heteroatoms. The number of benzene rings is 2. The molecule has 162 valence electrons. The van der Waals surface area contributed by atoms with Gasteiger partial charge in [-0.15, -0.1) is 10.2 Å². The van der Waals surface area contributed by atoms with Crippen LogP contribution in [0, 0.1) is 0 Å². The SMILES string of the molecule is CC(C)N1CCN(c2ccc(C(=O)Nc3ccc(Sc4nncs4)c(Cl)c3)cc2)CC1. The van der Waals surface area contributed by atoms with Gasteiger partial charge in [0.15, 0.2) is 4.34 Å². The van der Waals surface area contributed by atoms with Crippen molar-refractivity contribution in [2.45, 2.75) is 29.1 Å². The van der Waals surface area contributed by atoms with E-state index in [2.05, 4.69) is 39.2 Å². The quantitative estimate of drug-likeness (QED) is 0.535. The fourth-order valence-electron chi connectivity index (χ4n) is 3.49. The Morgan fingerprint density at radius 3 is 2.48 bits per heavy atom. The minimum absolute atomic E-state index is 0.156. The number of piperazine rings is 1. The summed E-state index contributed by atoms with van der Waals surface area (Å²) in [4.78, 5) is 18.4. The predicted octanol–water partition coefficient (Wildman–Crippen LogP) is 5.13. The highest BCUT2D eigenvalue weighted by atomic mass is 35.5. The Morgan fingerprint density at radius 2 is 1.87 bits per heavy atom. The van der Waals surface area contributed by atoms with Gasteiger partial charge in [-0.2, -0.15) is 0 Å².